The lowest BCUT2D eigenvalue weighted by Gasteiger charge is -2.27. The Morgan fingerprint density at radius 3 is 2.86 bits per heavy atom. The number of fused-ring (bicyclic) bond motifs is 3. The molecule has 2 heterocycles. The second-order valence-electron chi connectivity index (χ2n) is 5.31. The number of nitrogens with one attached hydrogen (secondary N) is 1. The third-order valence-corrected chi connectivity index (χ3v) is 3.78. The molecule has 2 aromatic rings. The quantitative estimate of drug-likeness (QED) is 0.799. The molecular formula is C13H17F2N5O. The summed E-state index contributed by atoms with van der Waals surface area (Å²) in [6.45, 7) is 0.323. The fraction of sp³-hybridized carbons (Fsp3) is 0.538. The van der Waals surface area contributed by atoms with E-state index in [-0.39, 0.29) is 12.4 Å². The van der Waals surface area contributed by atoms with Gasteiger partial charge in [0, 0.05) is 31.4 Å². The second kappa shape index (κ2) is 4.80. The van der Waals surface area contributed by atoms with E-state index < -0.39 is 18.3 Å². The number of aromatic nitrogens is 2. The summed E-state index contributed by atoms with van der Waals surface area (Å²) in [7, 11) is 1.66. The maximum atomic E-state index is 14.0. The summed E-state index contributed by atoms with van der Waals surface area (Å²) in [5, 5.41) is 2.85. The number of nitrogens with two attached hydrogens (primary N) is 2. The number of furan rings is 1. The fourth-order valence-electron chi connectivity index (χ4n) is 2.95. The zero-order chi connectivity index (χ0) is 15.2. The van der Waals surface area contributed by atoms with Crippen LogP contribution in [0.2, 0.25) is 0 Å². The molecule has 0 saturated heterocycles. The van der Waals surface area contributed by atoms with Crippen molar-refractivity contribution in [1.82, 2.24) is 9.97 Å². The van der Waals surface area contributed by atoms with Gasteiger partial charge in [-0.15, -0.1) is 0 Å². The Balaban J connectivity index is 2.23. The average molecular weight is 297 g/mol. The van der Waals surface area contributed by atoms with Crippen LogP contribution < -0.4 is 16.8 Å². The minimum Gasteiger partial charge on any atom is -0.455 e. The van der Waals surface area contributed by atoms with Gasteiger partial charge in [0.05, 0.1) is 0 Å². The van der Waals surface area contributed by atoms with Gasteiger partial charge >= 0.3 is 0 Å². The van der Waals surface area contributed by atoms with Gasteiger partial charge in [0.1, 0.15) is 11.3 Å². The minimum absolute atomic E-state index is 0.0275. The minimum atomic E-state index is -2.79. The van der Waals surface area contributed by atoms with E-state index in [1.165, 1.54) is 0 Å². The first-order chi connectivity index (χ1) is 9.95. The van der Waals surface area contributed by atoms with Gasteiger partial charge in [0.25, 0.3) is 5.92 Å². The van der Waals surface area contributed by atoms with E-state index in [9.17, 15) is 8.78 Å². The molecule has 1 unspecified atom stereocenters. The number of hydrogen-bond donors (Lipinski definition) is 3. The third kappa shape index (κ3) is 2.29. The highest BCUT2D eigenvalue weighted by atomic mass is 19.3. The predicted molar refractivity (Wildman–Crippen MR) is 75.4 cm³/mol. The van der Waals surface area contributed by atoms with Crippen LogP contribution in [0.1, 0.15) is 30.1 Å². The van der Waals surface area contributed by atoms with E-state index in [4.69, 9.17) is 15.9 Å². The monoisotopic (exact) mass is 297 g/mol. The number of nitrogen functional groups attached to an aromatic ring is 1. The highest BCUT2D eigenvalue weighted by Crippen LogP contribution is 2.46. The number of nitrogens with zero attached hydrogens (tertiary/aromatic N) is 2. The Hall–Kier alpha value is -1.96. The first-order valence-corrected chi connectivity index (χ1v) is 6.79. The number of rotatable bonds is 3. The lowest BCUT2D eigenvalue weighted by atomic mass is 9.83. The smallest absolute Gasteiger partial charge is 0.253 e. The van der Waals surface area contributed by atoms with Gasteiger partial charge in [-0.25, -0.2) is 13.8 Å². The maximum Gasteiger partial charge on any atom is 0.253 e. The first kappa shape index (κ1) is 14.0. The van der Waals surface area contributed by atoms with Crippen LogP contribution in [0.15, 0.2) is 4.42 Å². The average Bonchev–Trinajstić information content (AvgIpc) is 2.76. The van der Waals surface area contributed by atoms with E-state index in [2.05, 4.69) is 15.3 Å². The summed E-state index contributed by atoms with van der Waals surface area (Å²) in [6.07, 6.45) is -0.203. The van der Waals surface area contributed by atoms with Gasteiger partial charge in [-0.3, -0.25) is 0 Å². The number of alkyl halides is 2. The van der Waals surface area contributed by atoms with Crippen LogP contribution in [0.4, 0.5) is 20.5 Å². The molecule has 114 valence electrons. The molecule has 8 heteroatoms. The van der Waals surface area contributed by atoms with E-state index in [1.54, 1.807) is 7.05 Å². The van der Waals surface area contributed by atoms with Crippen LogP contribution in [0.5, 0.6) is 0 Å². The molecule has 0 saturated carbocycles. The lowest BCUT2D eigenvalue weighted by Crippen LogP contribution is -2.29. The summed E-state index contributed by atoms with van der Waals surface area (Å²) in [4.78, 5) is 8.11. The molecule has 5 N–H and O–H groups in total. The molecule has 0 aliphatic heterocycles. The normalized spacial score (nSPS) is 20.5. The molecule has 3 rings (SSSR count). The van der Waals surface area contributed by atoms with Crippen LogP contribution >= 0.6 is 0 Å². The summed E-state index contributed by atoms with van der Waals surface area (Å²) in [5.41, 5.74) is 12.3. The van der Waals surface area contributed by atoms with Crippen molar-refractivity contribution in [3.05, 3.63) is 11.3 Å². The predicted octanol–water partition coefficient (Wildman–Crippen LogP) is 1.86. The Labute approximate surface area is 119 Å². The van der Waals surface area contributed by atoms with Gasteiger partial charge in [-0.05, 0) is 13.0 Å². The highest BCUT2D eigenvalue weighted by molar-refractivity contribution is 5.88. The van der Waals surface area contributed by atoms with Crippen molar-refractivity contribution in [1.29, 1.82) is 0 Å². The van der Waals surface area contributed by atoms with E-state index in [0.717, 1.165) is 0 Å². The molecule has 2 aromatic heterocycles. The van der Waals surface area contributed by atoms with Crippen LogP contribution in [0.3, 0.4) is 0 Å². The van der Waals surface area contributed by atoms with Crippen molar-refractivity contribution < 1.29 is 13.2 Å². The van der Waals surface area contributed by atoms with Crippen molar-refractivity contribution >= 4 is 22.9 Å². The van der Waals surface area contributed by atoms with Crippen molar-refractivity contribution in [2.75, 3.05) is 24.6 Å². The molecule has 0 amide bonds. The molecule has 0 bridgehead atoms. The molecule has 0 spiro atoms. The zero-order valence-corrected chi connectivity index (χ0v) is 11.6. The fourth-order valence-corrected chi connectivity index (χ4v) is 2.95. The van der Waals surface area contributed by atoms with Crippen LogP contribution in [0, 0.1) is 0 Å². The van der Waals surface area contributed by atoms with Crippen molar-refractivity contribution in [2.24, 2.45) is 5.73 Å². The molecule has 6 nitrogen and oxygen atoms in total. The van der Waals surface area contributed by atoms with Gasteiger partial charge < -0.3 is 21.2 Å². The largest absolute Gasteiger partial charge is 0.455 e. The molecule has 21 heavy (non-hydrogen) atoms. The number of hydrogen-bond acceptors (Lipinski definition) is 6. The highest BCUT2D eigenvalue weighted by Gasteiger charge is 2.43. The second-order valence-corrected chi connectivity index (χ2v) is 5.31. The molecule has 0 fully saturated rings. The molecule has 1 aliphatic carbocycles. The first-order valence-electron chi connectivity index (χ1n) is 6.79. The summed E-state index contributed by atoms with van der Waals surface area (Å²) < 4.78 is 33.7. The number of anilines is 2. The number of halogens is 2. The SMILES string of the molecule is CNc1nc(N)nc2c3c(oc12)C(CCN)CC(F)(F)C3. The van der Waals surface area contributed by atoms with E-state index >= 15 is 0 Å². The molecule has 1 atom stereocenters. The topological polar surface area (TPSA) is 103 Å². The summed E-state index contributed by atoms with van der Waals surface area (Å²) >= 11 is 0. The Kier molecular flexibility index (Phi) is 3.20. The van der Waals surface area contributed by atoms with Crippen molar-refractivity contribution in [2.45, 2.75) is 31.1 Å². The Morgan fingerprint density at radius 2 is 2.19 bits per heavy atom. The molecule has 0 radical (unpaired) electrons. The summed E-state index contributed by atoms with van der Waals surface area (Å²) in [5.74, 6) is -2.23. The standard InChI is InChI=1S/C13H17F2N5O/c1-18-11-10-8(19-12(17)20-11)7-5-13(14,15)4-6(2-3-16)9(7)21-10/h6H,2-5,16H2,1H3,(H3,17,18,19,20). The Bertz CT molecular complexity index is 685. The molecule has 0 aromatic carbocycles. The van der Waals surface area contributed by atoms with Gasteiger partial charge in [-0.1, -0.05) is 0 Å². The lowest BCUT2D eigenvalue weighted by molar-refractivity contribution is -0.0237. The Morgan fingerprint density at radius 1 is 1.43 bits per heavy atom. The van der Waals surface area contributed by atoms with Gasteiger partial charge in [0.2, 0.25) is 5.95 Å². The van der Waals surface area contributed by atoms with E-state index in [1.807, 2.05) is 0 Å². The van der Waals surface area contributed by atoms with Gasteiger partial charge in [-0.2, -0.15) is 4.98 Å². The van der Waals surface area contributed by atoms with Gasteiger partial charge in [0.15, 0.2) is 11.4 Å². The van der Waals surface area contributed by atoms with Crippen molar-refractivity contribution in [3.63, 3.8) is 0 Å². The van der Waals surface area contributed by atoms with Crippen LogP contribution in [-0.2, 0) is 6.42 Å². The maximum absolute atomic E-state index is 14.0. The van der Waals surface area contributed by atoms with Crippen molar-refractivity contribution in [3.8, 4) is 0 Å². The van der Waals surface area contributed by atoms with E-state index in [0.29, 0.717) is 41.2 Å². The summed E-state index contributed by atoms with van der Waals surface area (Å²) in [6, 6.07) is 0. The molecule has 1 aliphatic rings. The third-order valence-electron chi connectivity index (χ3n) is 3.78. The van der Waals surface area contributed by atoms with Crippen LogP contribution in [0.25, 0.3) is 11.1 Å². The zero-order valence-electron chi connectivity index (χ0n) is 11.6. The van der Waals surface area contributed by atoms with Crippen LogP contribution in [-0.4, -0.2) is 29.5 Å². The molecular weight excluding hydrogens is 280 g/mol.